The van der Waals surface area contributed by atoms with Crippen LogP contribution in [0.15, 0.2) is 18.2 Å². The molecule has 4 heteroatoms. The molecule has 1 aliphatic carbocycles. The monoisotopic (exact) mass is 271 g/mol. The van der Waals surface area contributed by atoms with Crippen LogP contribution in [0, 0.1) is 11.6 Å². The minimum atomic E-state index is -0.814. The van der Waals surface area contributed by atoms with E-state index in [4.69, 9.17) is 5.73 Å². The van der Waals surface area contributed by atoms with Gasteiger partial charge in [0.1, 0.15) is 0 Å². The fraction of sp³-hybridized carbons (Fsp3) is 0.571. The molecule has 0 spiro atoms. The number of halogens is 2. The highest BCUT2D eigenvalue weighted by Gasteiger charge is 2.16. The highest BCUT2D eigenvalue weighted by Crippen LogP contribution is 2.30. The number of thioether (sulfide) groups is 1. The Bertz CT molecular complexity index is 391. The predicted octanol–water partition coefficient (Wildman–Crippen LogP) is 4.03. The van der Waals surface area contributed by atoms with Crippen molar-refractivity contribution in [3.05, 3.63) is 35.4 Å². The normalized spacial score (nSPS) is 18.8. The van der Waals surface area contributed by atoms with Gasteiger partial charge in [-0.2, -0.15) is 11.8 Å². The highest BCUT2D eigenvalue weighted by atomic mass is 32.2. The third kappa shape index (κ3) is 3.69. The summed E-state index contributed by atoms with van der Waals surface area (Å²) in [7, 11) is 0. The van der Waals surface area contributed by atoms with Crippen LogP contribution in [0.3, 0.4) is 0 Å². The number of nitrogens with two attached hydrogens (primary N) is 1. The molecule has 1 nitrogen and oxygen atoms in total. The van der Waals surface area contributed by atoms with Crippen molar-refractivity contribution >= 4 is 11.8 Å². The second-order valence-corrected chi connectivity index (χ2v) is 6.21. The molecule has 1 aromatic carbocycles. The summed E-state index contributed by atoms with van der Waals surface area (Å²) in [5, 5.41) is 0.690. The quantitative estimate of drug-likeness (QED) is 0.894. The highest BCUT2D eigenvalue weighted by molar-refractivity contribution is 7.99. The molecular formula is C14H19F2NS. The third-order valence-electron chi connectivity index (χ3n) is 3.44. The first kappa shape index (κ1) is 13.8. The van der Waals surface area contributed by atoms with Gasteiger partial charge in [0.25, 0.3) is 0 Å². The average molecular weight is 271 g/mol. The molecule has 0 amide bonds. The molecule has 0 heterocycles. The van der Waals surface area contributed by atoms with E-state index in [0.29, 0.717) is 10.8 Å². The number of benzene rings is 1. The fourth-order valence-corrected chi connectivity index (χ4v) is 3.65. The maximum atomic E-state index is 13.1. The molecule has 0 saturated heterocycles. The Morgan fingerprint density at radius 1 is 1.17 bits per heavy atom. The minimum absolute atomic E-state index is 0.216. The Kier molecular flexibility index (Phi) is 5.01. The van der Waals surface area contributed by atoms with E-state index >= 15 is 0 Å². The van der Waals surface area contributed by atoms with Crippen LogP contribution in [-0.2, 0) is 0 Å². The van der Waals surface area contributed by atoms with Gasteiger partial charge in [-0.1, -0.05) is 25.3 Å². The van der Waals surface area contributed by atoms with Gasteiger partial charge in [0.15, 0.2) is 11.6 Å². The summed E-state index contributed by atoms with van der Waals surface area (Å²) in [4.78, 5) is 0. The zero-order valence-electron chi connectivity index (χ0n) is 10.4. The molecule has 1 saturated carbocycles. The maximum Gasteiger partial charge on any atom is 0.159 e. The van der Waals surface area contributed by atoms with Gasteiger partial charge in [0, 0.05) is 17.0 Å². The second kappa shape index (κ2) is 6.53. The van der Waals surface area contributed by atoms with Crippen LogP contribution in [0.5, 0.6) is 0 Å². The number of rotatable bonds is 4. The Morgan fingerprint density at radius 2 is 1.89 bits per heavy atom. The number of hydrogen-bond acceptors (Lipinski definition) is 2. The van der Waals surface area contributed by atoms with Gasteiger partial charge in [0.2, 0.25) is 0 Å². The Morgan fingerprint density at radius 3 is 2.56 bits per heavy atom. The molecule has 2 N–H and O–H groups in total. The molecule has 1 unspecified atom stereocenters. The lowest BCUT2D eigenvalue weighted by molar-refractivity contribution is 0.505. The van der Waals surface area contributed by atoms with Gasteiger partial charge in [-0.25, -0.2) is 8.78 Å². The summed E-state index contributed by atoms with van der Waals surface area (Å²) >= 11 is 1.87. The SMILES string of the molecule is NC(CSC1CCCCC1)c1ccc(F)c(F)c1. The fourth-order valence-electron chi connectivity index (χ4n) is 2.31. The van der Waals surface area contributed by atoms with Crippen molar-refractivity contribution in [3.63, 3.8) is 0 Å². The van der Waals surface area contributed by atoms with Crippen molar-refractivity contribution in [2.24, 2.45) is 5.73 Å². The summed E-state index contributed by atoms with van der Waals surface area (Å²) < 4.78 is 25.9. The van der Waals surface area contributed by atoms with Crippen molar-refractivity contribution in [2.45, 2.75) is 43.4 Å². The third-order valence-corrected chi connectivity index (χ3v) is 4.93. The molecule has 2 rings (SSSR count). The Labute approximate surface area is 111 Å². The molecular weight excluding hydrogens is 252 g/mol. The van der Waals surface area contributed by atoms with Crippen LogP contribution in [0.2, 0.25) is 0 Å². The lowest BCUT2D eigenvalue weighted by Gasteiger charge is -2.22. The van der Waals surface area contributed by atoms with Crippen molar-refractivity contribution in [3.8, 4) is 0 Å². The summed E-state index contributed by atoms with van der Waals surface area (Å²) in [5.41, 5.74) is 6.70. The zero-order valence-corrected chi connectivity index (χ0v) is 11.2. The van der Waals surface area contributed by atoms with Gasteiger partial charge in [-0.05, 0) is 30.5 Å². The Hall–Kier alpha value is -0.610. The molecule has 1 aliphatic rings. The molecule has 18 heavy (non-hydrogen) atoms. The molecule has 1 aromatic rings. The predicted molar refractivity (Wildman–Crippen MR) is 72.6 cm³/mol. The molecule has 0 aromatic heterocycles. The first-order valence-electron chi connectivity index (χ1n) is 6.49. The lowest BCUT2D eigenvalue weighted by atomic mass is 10.0. The second-order valence-electron chi connectivity index (χ2n) is 4.87. The van der Waals surface area contributed by atoms with Gasteiger partial charge in [-0.3, -0.25) is 0 Å². The van der Waals surface area contributed by atoms with Crippen LogP contribution in [-0.4, -0.2) is 11.0 Å². The first-order valence-corrected chi connectivity index (χ1v) is 7.54. The van der Waals surface area contributed by atoms with Crippen molar-refractivity contribution in [1.82, 2.24) is 0 Å². The van der Waals surface area contributed by atoms with Crippen LogP contribution in [0.1, 0.15) is 43.7 Å². The molecule has 1 atom stereocenters. The Balaban J connectivity index is 1.86. The average Bonchev–Trinajstić information content (AvgIpc) is 2.40. The van der Waals surface area contributed by atoms with Crippen LogP contribution >= 0.6 is 11.8 Å². The smallest absolute Gasteiger partial charge is 0.159 e. The van der Waals surface area contributed by atoms with Crippen LogP contribution in [0.4, 0.5) is 8.78 Å². The van der Waals surface area contributed by atoms with Gasteiger partial charge in [-0.15, -0.1) is 0 Å². The van der Waals surface area contributed by atoms with E-state index in [1.54, 1.807) is 6.07 Å². The summed E-state index contributed by atoms with van der Waals surface area (Å²) in [6.07, 6.45) is 6.47. The molecule has 0 bridgehead atoms. The van der Waals surface area contributed by atoms with Crippen molar-refractivity contribution in [1.29, 1.82) is 0 Å². The van der Waals surface area contributed by atoms with Gasteiger partial charge in [0.05, 0.1) is 0 Å². The first-order chi connectivity index (χ1) is 8.66. The van der Waals surface area contributed by atoms with E-state index in [1.165, 1.54) is 38.2 Å². The summed E-state index contributed by atoms with van der Waals surface area (Å²) in [5.74, 6) is -0.855. The maximum absolute atomic E-state index is 13.1. The van der Waals surface area contributed by atoms with Gasteiger partial charge < -0.3 is 5.73 Å². The van der Waals surface area contributed by atoms with Gasteiger partial charge >= 0.3 is 0 Å². The summed E-state index contributed by atoms with van der Waals surface area (Å²) in [6, 6.07) is 3.72. The minimum Gasteiger partial charge on any atom is -0.323 e. The van der Waals surface area contributed by atoms with E-state index in [0.717, 1.165) is 11.8 Å². The zero-order chi connectivity index (χ0) is 13.0. The van der Waals surface area contributed by atoms with E-state index in [2.05, 4.69) is 0 Å². The van der Waals surface area contributed by atoms with Crippen molar-refractivity contribution in [2.75, 3.05) is 5.75 Å². The molecule has 0 aliphatic heterocycles. The molecule has 1 fully saturated rings. The largest absolute Gasteiger partial charge is 0.323 e. The molecule has 100 valence electrons. The van der Waals surface area contributed by atoms with Crippen LogP contribution in [0.25, 0.3) is 0 Å². The lowest BCUT2D eigenvalue weighted by Crippen LogP contribution is -2.17. The standard InChI is InChI=1S/C14H19F2NS/c15-12-7-6-10(8-13(12)16)14(17)9-18-11-4-2-1-3-5-11/h6-8,11,14H,1-5,9,17H2. The van der Waals surface area contributed by atoms with Crippen molar-refractivity contribution < 1.29 is 8.78 Å². The van der Waals surface area contributed by atoms with E-state index in [-0.39, 0.29) is 6.04 Å². The number of hydrogen-bond donors (Lipinski definition) is 1. The summed E-state index contributed by atoms with van der Waals surface area (Å²) in [6.45, 7) is 0. The molecule has 0 radical (unpaired) electrons. The van der Waals surface area contributed by atoms with Crippen LogP contribution < -0.4 is 5.73 Å². The van der Waals surface area contributed by atoms with E-state index in [9.17, 15) is 8.78 Å². The van der Waals surface area contributed by atoms with E-state index in [1.807, 2.05) is 11.8 Å². The van der Waals surface area contributed by atoms with E-state index < -0.39 is 11.6 Å². The topological polar surface area (TPSA) is 26.0 Å².